The molecule has 2 nitrogen and oxygen atoms in total. The highest BCUT2D eigenvalue weighted by molar-refractivity contribution is 7.99. The Hall–Kier alpha value is -1.16. The van der Waals surface area contributed by atoms with Crippen LogP contribution in [0.25, 0.3) is 0 Å². The normalized spacial score (nSPS) is 10.4. The van der Waals surface area contributed by atoms with Gasteiger partial charge in [0.15, 0.2) is 0 Å². The van der Waals surface area contributed by atoms with Crippen LogP contribution in [-0.2, 0) is 6.61 Å². The third-order valence-corrected chi connectivity index (χ3v) is 3.94. The molecule has 0 aromatic heterocycles. The first-order valence-electron chi connectivity index (χ1n) is 5.44. The van der Waals surface area contributed by atoms with E-state index in [0.717, 1.165) is 21.1 Å². The molecule has 0 amide bonds. The minimum Gasteiger partial charge on any atom is -0.497 e. The molecule has 0 atom stereocenters. The maximum absolute atomic E-state index is 9.03. The van der Waals surface area contributed by atoms with Crippen molar-refractivity contribution in [3.8, 4) is 5.75 Å². The zero-order valence-corrected chi connectivity index (χ0v) is 11.5. The number of methoxy groups -OCH3 is 1. The summed E-state index contributed by atoms with van der Waals surface area (Å²) in [5, 5.41) is 9.68. The van der Waals surface area contributed by atoms with Crippen LogP contribution in [0.2, 0.25) is 5.02 Å². The molecule has 2 aromatic rings. The molecule has 0 aliphatic heterocycles. The second-order valence-corrected chi connectivity index (χ2v) is 5.23. The summed E-state index contributed by atoms with van der Waals surface area (Å²) in [5.41, 5.74) is 0.815. The Morgan fingerprint density at radius 3 is 2.72 bits per heavy atom. The van der Waals surface area contributed by atoms with Crippen LogP contribution in [0.5, 0.6) is 5.75 Å². The average Bonchev–Trinajstić information content (AvgIpc) is 2.41. The average molecular weight is 281 g/mol. The first-order chi connectivity index (χ1) is 8.72. The standard InChI is InChI=1S/C14H13ClO2S/c1-17-11-3-2-4-12(8-11)18-14-6-5-10(9-16)7-13(14)15/h2-8,16H,9H2,1H3. The van der Waals surface area contributed by atoms with E-state index in [9.17, 15) is 0 Å². The highest BCUT2D eigenvalue weighted by Crippen LogP contribution is 2.35. The van der Waals surface area contributed by atoms with Gasteiger partial charge < -0.3 is 9.84 Å². The van der Waals surface area contributed by atoms with Crippen LogP contribution < -0.4 is 4.74 Å². The second-order valence-electron chi connectivity index (χ2n) is 3.70. The number of halogens is 1. The molecule has 4 heteroatoms. The van der Waals surface area contributed by atoms with Crippen LogP contribution in [0.4, 0.5) is 0 Å². The SMILES string of the molecule is COc1cccc(Sc2ccc(CO)cc2Cl)c1. The molecule has 0 heterocycles. The molecular formula is C14H13ClO2S. The van der Waals surface area contributed by atoms with Crippen molar-refractivity contribution in [3.05, 3.63) is 53.1 Å². The van der Waals surface area contributed by atoms with E-state index >= 15 is 0 Å². The van der Waals surface area contributed by atoms with Crippen LogP contribution in [0.1, 0.15) is 5.56 Å². The number of benzene rings is 2. The van der Waals surface area contributed by atoms with Gasteiger partial charge >= 0.3 is 0 Å². The molecule has 0 aliphatic rings. The fourth-order valence-electron chi connectivity index (χ4n) is 1.52. The zero-order chi connectivity index (χ0) is 13.0. The predicted molar refractivity (Wildman–Crippen MR) is 74.5 cm³/mol. The summed E-state index contributed by atoms with van der Waals surface area (Å²) in [4.78, 5) is 2.02. The minimum atomic E-state index is 0.00380. The fourth-order valence-corrected chi connectivity index (χ4v) is 2.70. The predicted octanol–water partition coefficient (Wildman–Crippen LogP) is 3.99. The first kappa shape index (κ1) is 13.3. The van der Waals surface area contributed by atoms with E-state index in [4.69, 9.17) is 21.4 Å². The Kier molecular flexibility index (Phi) is 4.53. The van der Waals surface area contributed by atoms with Crippen molar-refractivity contribution < 1.29 is 9.84 Å². The summed E-state index contributed by atoms with van der Waals surface area (Å²) < 4.78 is 5.18. The molecule has 0 spiro atoms. The quantitative estimate of drug-likeness (QED) is 0.918. The van der Waals surface area contributed by atoms with Gasteiger partial charge in [0.2, 0.25) is 0 Å². The van der Waals surface area contributed by atoms with Crippen LogP contribution in [0, 0.1) is 0 Å². The Balaban J connectivity index is 2.22. The Labute approximate surface area is 116 Å². The second kappa shape index (κ2) is 6.14. The van der Waals surface area contributed by atoms with E-state index in [2.05, 4.69) is 0 Å². The van der Waals surface area contributed by atoms with Gasteiger partial charge in [0.1, 0.15) is 5.75 Å². The minimum absolute atomic E-state index is 0.00380. The third-order valence-electron chi connectivity index (χ3n) is 2.45. The van der Waals surface area contributed by atoms with E-state index < -0.39 is 0 Å². The Bertz CT molecular complexity index is 543. The number of aliphatic hydroxyl groups is 1. The van der Waals surface area contributed by atoms with E-state index in [0.29, 0.717) is 5.02 Å². The van der Waals surface area contributed by atoms with Crippen molar-refractivity contribution in [1.82, 2.24) is 0 Å². The Morgan fingerprint density at radius 1 is 1.22 bits per heavy atom. The number of hydrogen-bond acceptors (Lipinski definition) is 3. The monoisotopic (exact) mass is 280 g/mol. The molecule has 1 N–H and O–H groups in total. The number of hydrogen-bond donors (Lipinski definition) is 1. The van der Waals surface area contributed by atoms with Gasteiger partial charge in [-0.3, -0.25) is 0 Å². The molecule has 0 unspecified atom stereocenters. The van der Waals surface area contributed by atoms with Gasteiger partial charge in [-0.15, -0.1) is 0 Å². The molecular weight excluding hydrogens is 268 g/mol. The third kappa shape index (κ3) is 3.19. The lowest BCUT2D eigenvalue weighted by atomic mass is 10.2. The van der Waals surface area contributed by atoms with E-state index in [-0.39, 0.29) is 6.61 Å². The molecule has 0 fully saturated rings. The lowest BCUT2D eigenvalue weighted by molar-refractivity contribution is 0.282. The molecule has 2 rings (SSSR count). The lowest BCUT2D eigenvalue weighted by Gasteiger charge is -2.07. The molecule has 0 radical (unpaired) electrons. The lowest BCUT2D eigenvalue weighted by Crippen LogP contribution is -1.85. The number of aliphatic hydroxyl groups excluding tert-OH is 1. The van der Waals surface area contributed by atoms with Gasteiger partial charge in [0, 0.05) is 9.79 Å². The fraction of sp³-hybridized carbons (Fsp3) is 0.143. The van der Waals surface area contributed by atoms with Crippen LogP contribution in [0.15, 0.2) is 52.3 Å². The maximum atomic E-state index is 9.03. The molecule has 2 aromatic carbocycles. The van der Waals surface area contributed by atoms with Crippen LogP contribution in [0.3, 0.4) is 0 Å². The number of ether oxygens (including phenoxy) is 1. The summed E-state index contributed by atoms with van der Waals surface area (Å²) >= 11 is 7.74. The molecule has 94 valence electrons. The van der Waals surface area contributed by atoms with E-state index in [1.165, 1.54) is 0 Å². The van der Waals surface area contributed by atoms with Crippen molar-refractivity contribution in [3.63, 3.8) is 0 Å². The van der Waals surface area contributed by atoms with Gasteiger partial charge in [-0.05, 0) is 35.9 Å². The first-order valence-corrected chi connectivity index (χ1v) is 6.63. The van der Waals surface area contributed by atoms with Crippen molar-refractivity contribution in [2.45, 2.75) is 16.4 Å². The summed E-state index contributed by atoms with van der Waals surface area (Å²) in [6, 6.07) is 13.4. The van der Waals surface area contributed by atoms with Crippen molar-refractivity contribution in [1.29, 1.82) is 0 Å². The Morgan fingerprint density at radius 2 is 2.06 bits per heavy atom. The van der Waals surface area contributed by atoms with Gasteiger partial charge in [-0.2, -0.15) is 0 Å². The zero-order valence-electron chi connectivity index (χ0n) is 9.89. The molecule has 0 saturated heterocycles. The summed E-state index contributed by atoms with van der Waals surface area (Å²) in [7, 11) is 1.65. The van der Waals surface area contributed by atoms with E-state index in [1.54, 1.807) is 24.9 Å². The van der Waals surface area contributed by atoms with Crippen molar-refractivity contribution >= 4 is 23.4 Å². The smallest absolute Gasteiger partial charge is 0.119 e. The van der Waals surface area contributed by atoms with Gasteiger partial charge in [-0.1, -0.05) is 35.5 Å². The van der Waals surface area contributed by atoms with Crippen LogP contribution in [-0.4, -0.2) is 12.2 Å². The summed E-state index contributed by atoms with van der Waals surface area (Å²) in [6.07, 6.45) is 0. The van der Waals surface area contributed by atoms with Crippen molar-refractivity contribution in [2.75, 3.05) is 7.11 Å². The highest BCUT2D eigenvalue weighted by Gasteiger charge is 2.04. The summed E-state index contributed by atoms with van der Waals surface area (Å²) in [5.74, 6) is 0.822. The maximum Gasteiger partial charge on any atom is 0.119 e. The van der Waals surface area contributed by atoms with E-state index in [1.807, 2.05) is 36.4 Å². The van der Waals surface area contributed by atoms with Gasteiger partial charge in [0.25, 0.3) is 0 Å². The topological polar surface area (TPSA) is 29.5 Å². The van der Waals surface area contributed by atoms with Crippen molar-refractivity contribution in [2.24, 2.45) is 0 Å². The highest BCUT2D eigenvalue weighted by atomic mass is 35.5. The van der Waals surface area contributed by atoms with Gasteiger partial charge in [-0.25, -0.2) is 0 Å². The summed E-state index contributed by atoms with van der Waals surface area (Å²) in [6.45, 7) is 0.00380. The molecule has 0 aliphatic carbocycles. The molecule has 18 heavy (non-hydrogen) atoms. The molecule has 0 bridgehead atoms. The molecule has 0 saturated carbocycles. The largest absolute Gasteiger partial charge is 0.497 e. The van der Waals surface area contributed by atoms with Gasteiger partial charge in [0.05, 0.1) is 18.7 Å². The number of rotatable bonds is 4. The van der Waals surface area contributed by atoms with Crippen LogP contribution >= 0.6 is 23.4 Å².